The number of nitrogens with one attached hydrogen (secondary N) is 1. The number of rotatable bonds is 5. The maximum atomic E-state index is 13.8. The van der Waals surface area contributed by atoms with Crippen molar-refractivity contribution >= 4 is 12.0 Å². The third-order valence-electron chi connectivity index (χ3n) is 5.41. The zero-order valence-corrected chi connectivity index (χ0v) is 18.7. The average molecular weight is 445 g/mol. The second-order valence-electron chi connectivity index (χ2n) is 9.19. The van der Waals surface area contributed by atoms with Crippen molar-refractivity contribution in [3.63, 3.8) is 0 Å². The normalized spacial score (nSPS) is 15.8. The topological polar surface area (TPSA) is 58.6 Å². The molecule has 2 amide bonds. The van der Waals surface area contributed by atoms with E-state index in [1.54, 1.807) is 29.2 Å². The van der Waals surface area contributed by atoms with Crippen LogP contribution in [0.3, 0.4) is 0 Å². The highest BCUT2D eigenvalue weighted by molar-refractivity contribution is 5.79. The first-order chi connectivity index (χ1) is 15.1. The molecule has 0 aliphatic carbocycles. The summed E-state index contributed by atoms with van der Waals surface area (Å²) in [4.78, 5) is 26.9. The molecule has 1 fully saturated rings. The van der Waals surface area contributed by atoms with Gasteiger partial charge in [0.2, 0.25) is 5.91 Å². The molecule has 172 valence electrons. The number of carbonyl (C=O) groups excluding carboxylic acids is 2. The van der Waals surface area contributed by atoms with Crippen LogP contribution in [0, 0.1) is 17.6 Å². The smallest absolute Gasteiger partial charge is 0.410 e. The number of hydrogen-bond acceptors (Lipinski definition) is 3. The van der Waals surface area contributed by atoms with Crippen molar-refractivity contribution in [3.8, 4) is 0 Å². The minimum absolute atomic E-state index is 0.153. The van der Waals surface area contributed by atoms with Crippen molar-refractivity contribution in [2.75, 3.05) is 13.1 Å². The Morgan fingerprint density at radius 1 is 1.06 bits per heavy atom. The van der Waals surface area contributed by atoms with Gasteiger partial charge in [-0.3, -0.25) is 4.79 Å². The first-order valence-corrected chi connectivity index (χ1v) is 10.9. The van der Waals surface area contributed by atoms with Crippen LogP contribution < -0.4 is 5.32 Å². The molecule has 1 aliphatic heterocycles. The summed E-state index contributed by atoms with van der Waals surface area (Å²) in [5.41, 5.74) is 0.758. The Morgan fingerprint density at radius 2 is 1.69 bits per heavy atom. The van der Waals surface area contributed by atoms with E-state index in [-0.39, 0.29) is 23.7 Å². The van der Waals surface area contributed by atoms with Crippen molar-refractivity contribution in [1.82, 2.24) is 10.2 Å². The Morgan fingerprint density at radius 3 is 2.28 bits per heavy atom. The van der Waals surface area contributed by atoms with Gasteiger partial charge in [-0.2, -0.15) is 0 Å². The van der Waals surface area contributed by atoms with E-state index >= 15 is 0 Å². The second-order valence-corrected chi connectivity index (χ2v) is 9.19. The fraction of sp³-hybridized carbons (Fsp3) is 0.440. The molecule has 3 rings (SSSR count). The number of benzene rings is 2. The average Bonchev–Trinajstić information content (AvgIpc) is 2.72. The van der Waals surface area contributed by atoms with E-state index in [2.05, 4.69) is 5.32 Å². The van der Waals surface area contributed by atoms with Crippen molar-refractivity contribution < 1.29 is 23.1 Å². The highest BCUT2D eigenvalue weighted by atomic mass is 19.1. The zero-order chi connectivity index (χ0) is 23.3. The van der Waals surface area contributed by atoms with Crippen molar-refractivity contribution in [2.24, 2.45) is 5.92 Å². The maximum absolute atomic E-state index is 13.8. The van der Waals surface area contributed by atoms with Crippen LogP contribution in [0.1, 0.15) is 50.8 Å². The molecule has 0 saturated carbocycles. The fourth-order valence-electron chi connectivity index (χ4n) is 3.82. The lowest BCUT2D eigenvalue weighted by Crippen LogP contribution is -2.45. The predicted octanol–water partition coefficient (Wildman–Crippen LogP) is 5.01. The van der Waals surface area contributed by atoms with Crippen LogP contribution in [0.2, 0.25) is 0 Å². The molecule has 0 bridgehead atoms. The summed E-state index contributed by atoms with van der Waals surface area (Å²) in [5.74, 6) is -1.18. The zero-order valence-electron chi connectivity index (χ0n) is 18.7. The summed E-state index contributed by atoms with van der Waals surface area (Å²) in [6, 6.07) is 11.7. The molecule has 0 spiro atoms. The Bertz CT molecular complexity index is 950. The third kappa shape index (κ3) is 6.77. The molecule has 32 heavy (non-hydrogen) atoms. The monoisotopic (exact) mass is 444 g/mol. The largest absolute Gasteiger partial charge is 0.444 e. The van der Waals surface area contributed by atoms with Crippen LogP contribution in [-0.2, 0) is 16.0 Å². The van der Waals surface area contributed by atoms with Crippen molar-refractivity contribution in [2.45, 2.75) is 51.7 Å². The molecule has 1 atom stereocenters. The fourth-order valence-corrected chi connectivity index (χ4v) is 3.82. The number of ether oxygens (including phenoxy) is 1. The first kappa shape index (κ1) is 23.7. The van der Waals surface area contributed by atoms with Crippen LogP contribution in [0.4, 0.5) is 13.6 Å². The molecule has 2 aromatic carbocycles. The van der Waals surface area contributed by atoms with Gasteiger partial charge in [-0.1, -0.05) is 24.3 Å². The van der Waals surface area contributed by atoms with Crippen molar-refractivity contribution in [3.05, 3.63) is 71.3 Å². The molecule has 1 N–H and O–H groups in total. The van der Waals surface area contributed by atoms with Crippen LogP contribution in [0.25, 0.3) is 0 Å². The molecular formula is C25H30F2N2O3. The van der Waals surface area contributed by atoms with Crippen LogP contribution in [0.5, 0.6) is 0 Å². The molecule has 1 aliphatic rings. The Labute approximate surface area is 187 Å². The molecule has 0 unspecified atom stereocenters. The molecule has 1 saturated heterocycles. The van der Waals surface area contributed by atoms with Gasteiger partial charge in [0.15, 0.2) is 0 Å². The van der Waals surface area contributed by atoms with E-state index in [1.165, 1.54) is 24.3 Å². The number of hydrogen-bond donors (Lipinski definition) is 1. The Hall–Kier alpha value is -2.96. The molecule has 2 aromatic rings. The summed E-state index contributed by atoms with van der Waals surface area (Å²) in [5, 5.41) is 3.02. The third-order valence-corrected chi connectivity index (χ3v) is 5.41. The number of amides is 2. The lowest BCUT2D eigenvalue weighted by Gasteiger charge is -2.33. The SMILES string of the molecule is CC(C)(C)OC(=O)N1CCC(C(=O)N[C@H](Cc2cccc(F)c2)c2cccc(F)c2)CC1. The number of carbonyl (C=O) groups is 2. The van der Waals surface area contributed by atoms with E-state index in [4.69, 9.17) is 4.74 Å². The van der Waals surface area contributed by atoms with Gasteiger partial charge in [0.05, 0.1) is 6.04 Å². The number of halogens is 2. The summed E-state index contributed by atoms with van der Waals surface area (Å²) >= 11 is 0. The first-order valence-electron chi connectivity index (χ1n) is 10.9. The Kier molecular flexibility index (Phi) is 7.48. The quantitative estimate of drug-likeness (QED) is 0.705. The van der Waals surface area contributed by atoms with E-state index in [1.807, 2.05) is 20.8 Å². The van der Waals surface area contributed by atoms with E-state index in [0.29, 0.717) is 43.5 Å². The van der Waals surface area contributed by atoms with Crippen LogP contribution in [0.15, 0.2) is 48.5 Å². The number of nitrogens with zero attached hydrogens (tertiary/aromatic N) is 1. The van der Waals surface area contributed by atoms with Gasteiger partial charge in [0, 0.05) is 19.0 Å². The van der Waals surface area contributed by atoms with Gasteiger partial charge in [-0.15, -0.1) is 0 Å². The summed E-state index contributed by atoms with van der Waals surface area (Å²) in [6.45, 7) is 6.31. The molecule has 5 nitrogen and oxygen atoms in total. The van der Waals surface area contributed by atoms with E-state index < -0.39 is 17.5 Å². The van der Waals surface area contributed by atoms with Crippen LogP contribution >= 0.6 is 0 Å². The minimum Gasteiger partial charge on any atom is -0.444 e. The van der Waals surface area contributed by atoms with Gasteiger partial charge >= 0.3 is 6.09 Å². The van der Waals surface area contributed by atoms with E-state index in [0.717, 1.165) is 0 Å². The van der Waals surface area contributed by atoms with Gasteiger partial charge in [0.25, 0.3) is 0 Å². The Balaban J connectivity index is 1.66. The lowest BCUT2D eigenvalue weighted by molar-refractivity contribution is -0.127. The second kappa shape index (κ2) is 10.1. The van der Waals surface area contributed by atoms with Gasteiger partial charge in [0.1, 0.15) is 17.2 Å². The summed E-state index contributed by atoms with van der Waals surface area (Å²) in [7, 11) is 0. The summed E-state index contributed by atoms with van der Waals surface area (Å²) < 4.78 is 32.9. The molecule has 0 aromatic heterocycles. The standard InChI is InChI=1S/C25H30F2N2O3/c1-25(2,3)32-24(31)29-12-10-18(11-13-29)23(30)28-22(19-7-5-9-21(27)16-19)15-17-6-4-8-20(26)14-17/h4-9,14,16,18,22H,10-13,15H2,1-3H3,(H,28,30)/t22-/m1/s1. The summed E-state index contributed by atoms with van der Waals surface area (Å²) in [6.07, 6.45) is 0.992. The maximum Gasteiger partial charge on any atom is 0.410 e. The van der Waals surface area contributed by atoms with Gasteiger partial charge in [-0.05, 0) is 75.4 Å². The highest BCUT2D eigenvalue weighted by Crippen LogP contribution is 2.24. The molecule has 0 radical (unpaired) electrons. The van der Waals surface area contributed by atoms with Crippen molar-refractivity contribution in [1.29, 1.82) is 0 Å². The van der Waals surface area contributed by atoms with E-state index in [9.17, 15) is 18.4 Å². The highest BCUT2D eigenvalue weighted by Gasteiger charge is 2.31. The lowest BCUT2D eigenvalue weighted by atomic mass is 9.93. The van der Waals surface area contributed by atoms with Crippen LogP contribution in [-0.4, -0.2) is 35.6 Å². The predicted molar refractivity (Wildman–Crippen MR) is 118 cm³/mol. The molecule has 7 heteroatoms. The number of likely N-dealkylation sites (tertiary alicyclic amines) is 1. The molecule has 1 heterocycles. The minimum atomic E-state index is -0.569. The van der Waals surface area contributed by atoms with Gasteiger partial charge < -0.3 is 15.0 Å². The molecular weight excluding hydrogens is 414 g/mol. The number of piperidine rings is 1. The van der Waals surface area contributed by atoms with Gasteiger partial charge in [-0.25, -0.2) is 13.6 Å².